The van der Waals surface area contributed by atoms with E-state index in [1.54, 1.807) is 11.0 Å². The second-order valence-corrected chi connectivity index (χ2v) is 7.98. The van der Waals surface area contributed by atoms with E-state index in [0.29, 0.717) is 22.9 Å². The number of amides is 1. The Morgan fingerprint density at radius 3 is 2.89 bits per heavy atom. The number of carbonyl (C=O) groups excluding carboxylic acids is 1. The number of nitrogens with zero attached hydrogens (tertiary/aromatic N) is 4. The zero-order chi connectivity index (χ0) is 18.8. The monoisotopic (exact) mass is 454 g/mol. The van der Waals surface area contributed by atoms with Crippen molar-refractivity contribution < 1.29 is 36.3 Å². The molecule has 0 bridgehead atoms. The first-order valence-corrected chi connectivity index (χ1v) is 10.3. The van der Waals surface area contributed by atoms with Gasteiger partial charge < -0.3 is 17.8 Å². The molecule has 8 nitrogen and oxygen atoms in total. The van der Waals surface area contributed by atoms with Gasteiger partial charge in [-0.3, -0.25) is 9.78 Å². The fourth-order valence-corrected chi connectivity index (χ4v) is 4.14. The van der Waals surface area contributed by atoms with Crippen LogP contribution < -0.4 is 0 Å². The summed E-state index contributed by atoms with van der Waals surface area (Å²) in [6, 6.07) is 4.79. The first-order chi connectivity index (χ1) is 13.1. The van der Waals surface area contributed by atoms with Crippen molar-refractivity contribution in [2.24, 2.45) is 0 Å². The molecule has 1 aliphatic heterocycles. The van der Waals surface area contributed by atoms with E-state index in [9.17, 15) is 13.2 Å². The second-order valence-electron chi connectivity index (χ2n) is 6.09. The molecule has 28 heavy (non-hydrogen) atoms. The number of pyridine rings is 1. The van der Waals surface area contributed by atoms with E-state index in [2.05, 4.69) is 15.1 Å². The predicted molar refractivity (Wildman–Crippen MR) is 96.5 cm³/mol. The van der Waals surface area contributed by atoms with Gasteiger partial charge >= 0.3 is 0 Å². The van der Waals surface area contributed by atoms with Crippen LogP contribution >= 0.6 is 11.3 Å². The molecule has 4 rings (SSSR count). The van der Waals surface area contributed by atoms with Gasteiger partial charge in [-0.15, -0.1) is 11.3 Å². The van der Waals surface area contributed by atoms with Crippen LogP contribution in [0.1, 0.15) is 40.9 Å². The molecule has 1 radical (unpaired) electrons. The summed E-state index contributed by atoms with van der Waals surface area (Å²) >= 11 is 1.40. The molecule has 145 valence electrons. The molecule has 0 saturated carbocycles. The average molecular weight is 454 g/mol. The largest absolute Gasteiger partial charge is 0.420 e. The van der Waals surface area contributed by atoms with Crippen molar-refractivity contribution in [1.29, 1.82) is 0 Å². The van der Waals surface area contributed by atoms with Crippen molar-refractivity contribution >= 4 is 27.9 Å². The number of hydrogen-bond acceptors (Lipinski definition) is 9. The number of thiophene rings is 1. The molecule has 1 amide bonds. The third-order valence-electron chi connectivity index (χ3n) is 4.39. The molecule has 0 aromatic carbocycles. The predicted octanol–water partition coefficient (Wildman–Crippen LogP) is 3.23. The number of aromatic nitrogens is 3. The Morgan fingerprint density at radius 2 is 2.14 bits per heavy atom. The number of likely N-dealkylation sites (tertiary alicyclic amines) is 1. The summed E-state index contributed by atoms with van der Waals surface area (Å²) in [5, 5.41) is 5.83. The van der Waals surface area contributed by atoms with Crippen molar-refractivity contribution in [3.05, 3.63) is 46.7 Å². The Kier molecular flexibility index (Phi) is 6.66. The molecule has 3 aromatic rings. The van der Waals surface area contributed by atoms with Crippen molar-refractivity contribution in [2.75, 3.05) is 6.54 Å². The normalized spacial score (nSPS) is 16.8. The summed E-state index contributed by atoms with van der Waals surface area (Å²) in [4.78, 5) is 23.6. The average Bonchev–Trinajstić information content (AvgIpc) is 3.40. The van der Waals surface area contributed by atoms with Crippen LogP contribution in [0.25, 0.3) is 11.4 Å². The van der Waals surface area contributed by atoms with Crippen LogP contribution in [0.5, 0.6) is 0 Å². The molecule has 0 aliphatic carbocycles. The van der Waals surface area contributed by atoms with E-state index in [4.69, 9.17) is 4.52 Å². The Morgan fingerprint density at radius 1 is 1.29 bits per heavy atom. The van der Waals surface area contributed by atoms with Gasteiger partial charge in [0.15, 0.2) is 0 Å². The third kappa shape index (κ3) is 4.19. The van der Waals surface area contributed by atoms with Crippen LogP contribution in [0.4, 0.5) is 0 Å². The smallest absolute Gasteiger partial charge is 0.264 e. The van der Waals surface area contributed by atoms with Crippen LogP contribution in [0, 0.1) is 0 Å². The van der Waals surface area contributed by atoms with E-state index in [1.165, 1.54) is 29.8 Å². The van der Waals surface area contributed by atoms with Crippen LogP contribution in [0.2, 0.25) is 0 Å². The van der Waals surface area contributed by atoms with Gasteiger partial charge in [-0.05, 0) is 41.4 Å². The molecular formula is C17H15N4O4S2V-. The second kappa shape index (κ2) is 9.00. The molecule has 1 saturated heterocycles. The van der Waals surface area contributed by atoms with Crippen LogP contribution in [0.3, 0.4) is 0 Å². The molecular weight excluding hydrogens is 439 g/mol. The minimum absolute atomic E-state index is 0. The van der Waals surface area contributed by atoms with E-state index in [0.717, 1.165) is 19.3 Å². The van der Waals surface area contributed by atoms with Gasteiger partial charge in [0.2, 0.25) is 11.7 Å². The summed E-state index contributed by atoms with van der Waals surface area (Å²) in [5.41, 5.74) is 0.443. The molecule has 0 N–H and O–H groups in total. The van der Waals surface area contributed by atoms with Crippen molar-refractivity contribution in [3.8, 4) is 11.4 Å². The van der Waals surface area contributed by atoms with Crippen molar-refractivity contribution in [3.63, 3.8) is 0 Å². The third-order valence-corrected chi connectivity index (χ3v) is 5.85. The van der Waals surface area contributed by atoms with Crippen molar-refractivity contribution in [1.82, 2.24) is 20.0 Å². The minimum atomic E-state index is -2.39. The molecule has 1 unspecified atom stereocenters. The van der Waals surface area contributed by atoms with Gasteiger partial charge in [0.05, 0.1) is 4.88 Å². The summed E-state index contributed by atoms with van der Waals surface area (Å²) in [6.07, 6.45) is 5.34. The number of hydrogen-bond donors (Lipinski definition) is 0. The molecule has 3 aromatic heterocycles. The Bertz CT molecular complexity index is 1030. The van der Waals surface area contributed by atoms with Crippen LogP contribution in [0.15, 0.2) is 45.4 Å². The van der Waals surface area contributed by atoms with Crippen LogP contribution in [-0.4, -0.2) is 32.5 Å². The zero-order valence-corrected chi connectivity index (χ0v) is 17.6. The Hall–Kier alpha value is -2.01. The number of carbonyl (C=O) groups is 1. The maximum absolute atomic E-state index is 12.8. The number of rotatable bonds is 4. The Labute approximate surface area is 178 Å². The van der Waals surface area contributed by atoms with E-state index in [-0.39, 0.29) is 41.2 Å². The van der Waals surface area contributed by atoms with Crippen LogP contribution in [-0.2, 0) is 37.7 Å². The zero-order valence-electron chi connectivity index (χ0n) is 14.6. The summed E-state index contributed by atoms with van der Waals surface area (Å²) in [7, 11) is -2.39. The molecule has 1 aliphatic rings. The van der Waals surface area contributed by atoms with E-state index >= 15 is 0 Å². The molecule has 4 heterocycles. The first kappa shape index (κ1) is 20.7. The maximum Gasteiger partial charge on any atom is 0.264 e. The number of piperidine rings is 1. The molecule has 1 atom stereocenters. The summed E-state index contributed by atoms with van der Waals surface area (Å²) in [6.45, 7) is 0.630. The van der Waals surface area contributed by atoms with Gasteiger partial charge in [-0.1, -0.05) is 22.2 Å². The maximum atomic E-state index is 12.8. The minimum Gasteiger partial charge on any atom is -0.420 e. The summed E-state index contributed by atoms with van der Waals surface area (Å²) < 4.78 is 27.7. The first-order valence-electron chi connectivity index (χ1n) is 8.36. The molecule has 11 heteroatoms. The Balaban J connectivity index is 0.00000225. The van der Waals surface area contributed by atoms with Gasteiger partial charge in [0.1, 0.15) is 6.04 Å². The fourth-order valence-electron chi connectivity index (χ4n) is 3.09. The quantitative estimate of drug-likeness (QED) is 0.557. The molecule has 0 spiro atoms. The van der Waals surface area contributed by atoms with Gasteiger partial charge in [-0.25, -0.2) is 0 Å². The van der Waals surface area contributed by atoms with E-state index < -0.39 is 10.7 Å². The SMILES string of the molecule is O=C(c1cccs1)N1CCCCC1c1nc(-c2cncc([S-](=O)=O)c2)no1.[V]. The van der Waals surface area contributed by atoms with Gasteiger partial charge in [-0.2, -0.15) is 4.98 Å². The molecule has 1 fully saturated rings. The van der Waals surface area contributed by atoms with Gasteiger partial charge in [0.25, 0.3) is 5.91 Å². The van der Waals surface area contributed by atoms with E-state index in [1.807, 2.05) is 11.4 Å². The topological polar surface area (TPSA) is 106 Å². The van der Waals surface area contributed by atoms with Crippen molar-refractivity contribution in [2.45, 2.75) is 30.2 Å². The standard InChI is InChI=1S/C17H15N4O4S2.V/c22-17(14-5-3-7-26-14)21-6-2-1-4-13(21)16-19-15(20-25-16)11-8-12(27(23)24)10-18-9-11;/h3,5,7-10,13H,1-2,4,6H2;/q-1;. The summed E-state index contributed by atoms with van der Waals surface area (Å²) in [5.74, 6) is 0.557. The van der Waals surface area contributed by atoms with Gasteiger partial charge in [0, 0.05) is 43.1 Å². The fraction of sp³-hybridized carbons (Fsp3) is 0.294.